The minimum atomic E-state index is 0.0965. The van der Waals surface area contributed by atoms with Gasteiger partial charge in [-0.05, 0) is 51.5 Å². The Balaban J connectivity index is 1.66. The second kappa shape index (κ2) is 7.43. The van der Waals surface area contributed by atoms with Gasteiger partial charge in [-0.15, -0.1) is 0 Å². The van der Waals surface area contributed by atoms with Crippen molar-refractivity contribution >= 4 is 0 Å². The molecule has 0 aromatic rings. The summed E-state index contributed by atoms with van der Waals surface area (Å²) in [6.07, 6.45) is 7.57. The van der Waals surface area contributed by atoms with E-state index in [1.165, 1.54) is 0 Å². The largest absolute Gasteiger partial charge is 0.396 e. The minimum Gasteiger partial charge on any atom is -0.396 e. The summed E-state index contributed by atoms with van der Waals surface area (Å²) in [5.41, 5.74) is 0.0965. The second-order valence-corrected chi connectivity index (χ2v) is 5.57. The fourth-order valence-corrected chi connectivity index (χ4v) is 3.01. The van der Waals surface area contributed by atoms with Gasteiger partial charge in [0.2, 0.25) is 0 Å². The SMILES string of the molecule is OCCCCCNC1CCOC2(CCOCC2)C1. The molecule has 2 aliphatic rings. The molecule has 18 heavy (non-hydrogen) atoms. The van der Waals surface area contributed by atoms with E-state index in [9.17, 15) is 0 Å². The number of ether oxygens (including phenoxy) is 2. The van der Waals surface area contributed by atoms with Crippen LogP contribution in [0.2, 0.25) is 0 Å². The van der Waals surface area contributed by atoms with Gasteiger partial charge in [0, 0.05) is 32.5 Å². The Hall–Kier alpha value is -0.160. The van der Waals surface area contributed by atoms with Gasteiger partial charge in [0.15, 0.2) is 0 Å². The fourth-order valence-electron chi connectivity index (χ4n) is 3.01. The zero-order valence-electron chi connectivity index (χ0n) is 11.3. The Labute approximate surface area is 110 Å². The van der Waals surface area contributed by atoms with Gasteiger partial charge in [0.25, 0.3) is 0 Å². The van der Waals surface area contributed by atoms with E-state index in [4.69, 9.17) is 14.6 Å². The summed E-state index contributed by atoms with van der Waals surface area (Å²) in [6.45, 7) is 3.97. The molecule has 0 aromatic carbocycles. The van der Waals surface area contributed by atoms with E-state index in [0.717, 1.165) is 71.3 Å². The van der Waals surface area contributed by atoms with E-state index in [-0.39, 0.29) is 5.60 Å². The Morgan fingerprint density at radius 2 is 1.94 bits per heavy atom. The highest BCUT2D eigenvalue weighted by Crippen LogP contribution is 2.34. The molecule has 106 valence electrons. The van der Waals surface area contributed by atoms with Gasteiger partial charge >= 0.3 is 0 Å². The van der Waals surface area contributed by atoms with E-state index in [2.05, 4.69) is 5.32 Å². The van der Waals surface area contributed by atoms with Crippen molar-refractivity contribution in [3.8, 4) is 0 Å². The van der Waals surface area contributed by atoms with Crippen LogP contribution in [0.4, 0.5) is 0 Å². The van der Waals surface area contributed by atoms with Crippen LogP contribution in [0.15, 0.2) is 0 Å². The number of hydrogen-bond donors (Lipinski definition) is 2. The maximum Gasteiger partial charge on any atom is 0.0741 e. The van der Waals surface area contributed by atoms with Crippen molar-refractivity contribution in [2.24, 2.45) is 0 Å². The predicted molar refractivity (Wildman–Crippen MR) is 70.7 cm³/mol. The van der Waals surface area contributed by atoms with Crippen molar-refractivity contribution in [2.45, 2.75) is 56.6 Å². The molecule has 1 unspecified atom stereocenters. The topological polar surface area (TPSA) is 50.7 Å². The highest BCUT2D eigenvalue weighted by Gasteiger charge is 2.38. The lowest BCUT2D eigenvalue weighted by atomic mass is 9.84. The zero-order chi connectivity index (χ0) is 12.7. The fraction of sp³-hybridized carbons (Fsp3) is 1.00. The third-order valence-corrected chi connectivity index (χ3v) is 4.16. The predicted octanol–water partition coefficient (Wildman–Crippen LogP) is 1.47. The van der Waals surface area contributed by atoms with Crippen molar-refractivity contribution in [3.63, 3.8) is 0 Å². The first-order chi connectivity index (χ1) is 8.85. The van der Waals surface area contributed by atoms with Crippen molar-refractivity contribution < 1.29 is 14.6 Å². The molecule has 0 bridgehead atoms. The molecular weight excluding hydrogens is 230 g/mol. The summed E-state index contributed by atoms with van der Waals surface area (Å²) in [4.78, 5) is 0. The highest BCUT2D eigenvalue weighted by molar-refractivity contribution is 4.91. The number of aliphatic hydroxyl groups is 1. The molecule has 0 aliphatic carbocycles. The van der Waals surface area contributed by atoms with E-state index in [1.807, 2.05) is 0 Å². The zero-order valence-corrected chi connectivity index (χ0v) is 11.3. The standard InChI is InChI=1S/C14H27NO3/c16-8-3-1-2-7-15-13-4-9-18-14(12-13)5-10-17-11-6-14/h13,15-16H,1-12H2. The second-order valence-electron chi connectivity index (χ2n) is 5.57. The van der Waals surface area contributed by atoms with Crippen LogP contribution in [0.1, 0.15) is 44.9 Å². The minimum absolute atomic E-state index is 0.0965. The van der Waals surface area contributed by atoms with Gasteiger partial charge in [0.05, 0.1) is 5.60 Å². The summed E-state index contributed by atoms with van der Waals surface area (Å²) in [7, 11) is 0. The quantitative estimate of drug-likeness (QED) is 0.708. The Morgan fingerprint density at radius 3 is 2.72 bits per heavy atom. The molecular formula is C14H27NO3. The Kier molecular flexibility index (Phi) is 5.89. The summed E-state index contributed by atoms with van der Waals surface area (Å²) in [5, 5.41) is 12.4. The van der Waals surface area contributed by atoms with Crippen LogP contribution in [-0.4, -0.2) is 49.7 Å². The van der Waals surface area contributed by atoms with Gasteiger partial charge in [-0.25, -0.2) is 0 Å². The van der Waals surface area contributed by atoms with Crippen LogP contribution in [0.5, 0.6) is 0 Å². The molecule has 4 heteroatoms. The average molecular weight is 257 g/mol. The van der Waals surface area contributed by atoms with Crippen molar-refractivity contribution in [2.75, 3.05) is 33.0 Å². The average Bonchev–Trinajstić information content (AvgIpc) is 2.40. The van der Waals surface area contributed by atoms with Gasteiger partial charge in [-0.1, -0.05) is 0 Å². The molecule has 2 rings (SSSR count). The Morgan fingerprint density at radius 1 is 1.11 bits per heavy atom. The summed E-state index contributed by atoms with van der Waals surface area (Å²) in [6, 6.07) is 0.603. The van der Waals surface area contributed by atoms with Gasteiger partial charge in [0.1, 0.15) is 0 Å². The molecule has 0 amide bonds. The number of unbranched alkanes of at least 4 members (excludes halogenated alkanes) is 2. The van der Waals surface area contributed by atoms with Gasteiger partial charge in [-0.2, -0.15) is 0 Å². The van der Waals surface area contributed by atoms with Crippen LogP contribution < -0.4 is 5.32 Å². The van der Waals surface area contributed by atoms with Crippen LogP contribution in [0, 0.1) is 0 Å². The molecule has 2 N–H and O–H groups in total. The number of hydrogen-bond acceptors (Lipinski definition) is 4. The Bertz CT molecular complexity index is 224. The molecule has 4 nitrogen and oxygen atoms in total. The normalized spacial score (nSPS) is 27.5. The molecule has 2 fully saturated rings. The maximum absolute atomic E-state index is 8.73. The number of nitrogens with one attached hydrogen (secondary N) is 1. The van der Waals surface area contributed by atoms with E-state index < -0.39 is 0 Å². The molecule has 0 radical (unpaired) electrons. The monoisotopic (exact) mass is 257 g/mol. The number of rotatable bonds is 6. The van der Waals surface area contributed by atoms with E-state index in [0.29, 0.717) is 12.6 Å². The van der Waals surface area contributed by atoms with Crippen LogP contribution >= 0.6 is 0 Å². The third kappa shape index (κ3) is 4.19. The first-order valence-corrected chi connectivity index (χ1v) is 7.41. The smallest absolute Gasteiger partial charge is 0.0741 e. The third-order valence-electron chi connectivity index (χ3n) is 4.16. The van der Waals surface area contributed by atoms with Gasteiger partial charge < -0.3 is 19.9 Å². The molecule has 2 aliphatic heterocycles. The molecule has 2 saturated heterocycles. The lowest BCUT2D eigenvalue weighted by Crippen LogP contribution is -2.50. The van der Waals surface area contributed by atoms with Crippen molar-refractivity contribution in [3.05, 3.63) is 0 Å². The molecule has 1 atom stereocenters. The van der Waals surface area contributed by atoms with E-state index >= 15 is 0 Å². The lowest BCUT2D eigenvalue weighted by Gasteiger charge is -2.43. The van der Waals surface area contributed by atoms with Crippen LogP contribution in [-0.2, 0) is 9.47 Å². The maximum atomic E-state index is 8.73. The van der Waals surface area contributed by atoms with Crippen LogP contribution in [0.3, 0.4) is 0 Å². The number of aliphatic hydroxyl groups excluding tert-OH is 1. The first kappa shape index (κ1) is 14.3. The molecule has 0 aromatic heterocycles. The highest BCUT2D eigenvalue weighted by atomic mass is 16.5. The summed E-state index contributed by atoms with van der Waals surface area (Å²) < 4.78 is 11.5. The van der Waals surface area contributed by atoms with Crippen LogP contribution in [0.25, 0.3) is 0 Å². The molecule has 2 heterocycles. The lowest BCUT2D eigenvalue weighted by molar-refractivity contribution is -0.140. The van der Waals surface area contributed by atoms with Crippen molar-refractivity contribution in [1.29, 1.82) is 0 Å². The van der Waals surface area contributed by atoms with Gasteiger partial charge in [-0.3, -0.25) is 0 Å². The summed E-state index contributed by atoms with van der Waals surface area (Å²) in [5.74, 6) is 0. The van der Waals surface area contributed by atoms with E-state index in [1.54, 1.807) is 0 Å². The first-order valence-electron chi connectivity index (χ1n) is 7.41. The molecule has 0 saturated carbocycles. The molecule has 1 spiro atoms. The van der Waals surface area contributed by atoms with Crippen molar-refractivity contribution in [1.82, 2.24) is 5.32 Å². The summed E-state index contributed by atoms with van der Waals surface area (Å²) >= 11 is 0.